The number of halogens is 6. The molecule has 0 heterocycles. The third-order valence-corrected chi connectivity index (χ3v) is 14.6. The lowest BCUT2D eigenvalue weighted by molar-refractivity contribution is -0.120. The first-order chi connectivity index (χ1) is 37.1. The van der Waals surface area contributed by atoms with Gasteiger partial charge in [-0.25, -0.2) is 17.6 Å². The van der Waals surface area contributed by atoms with E-state index in [2.05, 4.69) is 10.6 Å². The minimum atomic E-state index is -1.04. The second-order valence-electron chi connectivity index (χ2n) is 18.3. The minimum absolute atomic E-state index is 0.0507. The Morgan fingerprint density at radius 1 is 0.494 bits per heavy atom. The highest BCUT2D eigenvalue weighted by Gasteiger charge is 2.34. The quantitative estimate of drug-likeness (QED) is 0.0314. The van der Waals surface area contributed by atoms with Gasteiger partial charge in [0.05, 0.1) is 35.3 Å². The van der Waals surface area contributed by atoms with Crippen molar-refractivity contribution in [3.8, 4) is 0 Å². The van der Waals surface area contributed by atoms with Crippen molar-refractivity contribution in [3.05, 3.63) is 221 Å². The molecule has 8 rings (SSSR count). The summed E-state index contributed by atoms with van der Waals surface area (Å²) in [4.78, 5) is 57.7. The van der Waals surface area contributed by atoms with Crippen LogP contribution in [0.5, 0.6) is 0 Å². The summed E-state index contributed by atoms with van der Waals surface area (Å²) in [5.74, 6) is -7.64. The SMILES string of the molecule is CCO.O=C(NC1CCCCC1)/C(=C(\O)c1ccc(F)cc1F)N(Cc1ccccc1)C(=O)c1ccccc1I.O=C(NC1CCCCC1)/C(=C(\O)c1ccc(F)cc1F)N(Cc1ccccc1)C(=O)c1ccccc1I. The van der Waals surface area contributed by atoms with Gasteiger partial charge >= 0.3 is 0 Å². The molecule has 17 heteroatoms. The maximum atomic E-state index is 14.8. The third kappa shape index (κ3) is 16.7. The molecule has 0 spiro atoms. The van der Waals surface area contributed by atoms with Crippen molar-refractivity contribution in [2.45, 2.75) is 96.3 Å². The number of nitrogens with zero attached hydrogens (tertiary/aromatic N) is 2. The second-order valence-corrected chi connectivity index (χ2v) is 20.6. The van der Waals surface area contributed by atoms with Crippen molar-refractivity contribution in [1.29, 1.82) is 0 Å². The molecule has 6 aromatic rings. The van der Waals surface area contributed by atoms with Crippen LogP contribution in [0.1, 0.15) is 114 Å². The topological polar surface area (TPSA) is 160 Å². The van der Waals surface area contributed by atoms with Gasteiger partial charge in [0.2, 0.25) is 0 Å². The van der Waals surface area contributed by atoms with Gasteiger partial charge in [-0.05, 0) is 137 Å². The third-order valence-electron chi connectivity index (χ3n) is 12.7. The molecule has 404 valence electrons. The van der Waals surface area contributed by atoms with Crippen LogP contribution in [-0.2, 0) is 22.7 Å². The molecule has 0 unspecified atom stereocenters. The van der Waals surface area contributed by atoms with Gasteiger partial charge in [-0.15, -0.1) is 0 Å². The van der Waals surface area contributed by atoms with E-state index in [0.29, 0.717) is 41.5 Å². The summed E-state index contributed by atoms with van der Waals surface area (Å²) in [5.41, 5.74) is 0.555. The summed E-state index contributed by atoms with van der Waals surface area (Å²) < 4.78 is 58.2. The van der Waals surface area contributed by atoms with Gasteiger partial charge in [0.25, 0.3) is 23.6 Å². The summed E-state index contributed by atoms with van der Waals surface area (Å²) >= 11 is 4.07. The smallest absolute Gasteiger partial charge is 0.272 e. The van der Waals surface area contributed by atoms with E-state index in [9.17, 15) is 47.0 Å². The Bertz CT molecular complexity index is 2840. The van der Waals surface area contributed by atoms with Crippen LogP contribution < -0.4 is 10.6 Å². The van der Waals surface area contributed by atoms with Crippen LogP contribution in [0.3, 0.4) is 0 Å². The van der Waals surface area contributed by atoms with Gasteiger partial charge in [0.15, 0.2) is 22.9 Å². The van der Waals surface area contributed by atoms with Crippen molar-refractivity contribution >= 4 is 80.3 Å². The van der Waals surface area contributed by atoms with E-state index in [1.165, 1.54) is 9.80 Å². The maximum absolute atomic E-state index is 14.8. The monoisotopic (exact) mass is 1280 g/mol. The molecule has 2 aliphatic carbocycles. The van der Waals surface area contributed by atoms with Crippen LogP contribution in [0.15, 0.2) is 157 Å². The van der Waals surface area contributed by atoms with Crippen molar-refractivity contribution < 1.29 is 52.1 Å². The fourth-order valence-electron chi connectivity index (χ4n) is 8.93. The molecule has 2 saturated carbocycles. The Morgan fingerprint density at radius 3 is 1.14 bits per heavy atom. The number of amides is 4. The van der Waals surface area contributed by atoms with Crippen molar-refractivity contribution in [2.75, 3.05) is 6.61 Å². The van der Waals surface area contributed by atoms with Gasteiger partial charge < -0.3 is 26.0 Å². The zero-order valence-electron chi connectivity index (χ0n) is 42.3. The second kappa shape index (κ2) is 29.8. The molecule has 4 amide bonds. The van der Waals surface area contributed by atoms with Gasteiger partial charge in [0, 0.05) is 38.0 Å². The number of hydrogen-bond donors (Lipinski definition) is 5. The van der Waals surface area contributed by atoms with Gasteiger partial charge in [-0.2, -0.15) is 0 Å². The molecule has 2 fully saturated rings. The summed E-state index contributed by atoms with van der Waals surface area (Å²) in [5, 5.41) is 36.1. The van der Waals surface area contributed by atoms with E-state index in [-0.39, 0.29) is 54.3 Å². The molecule has 0 bridgehead atoms. The molecular weight excluding hydrogens is 1220 g/mol. The van der Waals surface area contributed by atoms with E-state index >= 15 is 0 Å². The lowest BCUT2D eigenvalue weighted by atomic mass is 9.95. The van der Waals surface area contributed by atoms with Crippen LogP contribution in [-0.4, -0.2) is 67.4 Å². The first-order valence-corrected chi connectivity index (χ1v) is 27.5. The highest BCUT2D eigenvalue weighted by molar-refractivity contribution is 14.1. The number of carbonyl (C=O) groups is 4. The van der Waals surface area contributed by atoms with Crippen LogP contribution in [0.2, 0.25) is 0 Å². The standard InChI is InChI=1S/2C29H27F2IN2O3.C2H6O/c2*30-20-15-16-22(24(31)17-20)27(35)26(28(36)33-21-11-5-2-6-12-21)34(18-19-9-3-1-4-10-19)29(37)23-13-7-8-14-25(23)32;1-2-3/h2*1,3-4,7-10,13-17,21,35H,2,5-6,11-12,18H2,(H,33,36);3H,2H2,1H3/b2*27-26+;. The van der Waals surface area contributed by atoms with Crippen LogP contribution >= 0.6 is 45.2 Å². The molecule has 5 N–H and O–H groups in total. The van der Waals surface area contributed by atoms with Gasteiger partial charge in [0.1, 0.15) is 23.3 Å². The fourth-order valence-corrected chi connectivity index (χ4v) is 10.2. The normalized spacial score (nSPS) is 14.2. The van der Waals surface area contributed by atoms with Crippen molar-refractivity contribution in [1.82, 2.24) is 20.4 Å². The zero-order chi connectivity index (χ0) is 55.4. The maximum Gasteiger partial charge on any atom is 0.272 e. The Kier molecular flexibility index (Phi) is 23.1. The largest absolute Gasteiger partial charge is 0.505 e. The number of aliphatic hydroxyl groups is 3. The van der Waals surface area contributed by atoms with E-state index in [1.807, 2.05) is 57.3 Å². The molecule has 0 aliphatic heterocycles. The summed E-state index contributed by atoms with van der Waals surface area (Å²) in [6.07, 6.45) is 9.06. The minimum Gasteiger partial charge on any atom is -0.505 e. The van der Waals surface area contributed by atoms with E-state index in [4.69, 9.17) is 5.11 Å². The van der Waals surface area contributed by atoms with E-state index < -0.39 is 58.4 Å². The molecule has 77 heavy (non-hydrogen) atoms. The number of rotatable bonds is 14. The zero-order valence-corrected chi connectivity index (χ0v) is 46.7. The molecule has 0 aromatic heterocycles. The number of aliphatic hydroxyl groups excluding tert-OH is 3. The fraction of sp³-hybridized carbons (Fsp3) is 0.267. The molecule has 0 atom stereocenters. The Labute approximate surface area is 473 Å². The van der Waals surface area contributed by atoms with Crippen molar-refractivity contribution in [2.24, 2.45) is 0 Å². The molecule has 11 nitrogen and oxygen atoms in total. The van der Waals surface area contributed by atoms with Crippen LogP contribution in [0.25, 0.3) is 11.5 Å². The molecular formula is C60H60F4I2N4O7. The summed E-state index contributed by atoms with van der Waals surface area (Å²) in [6, 6.07) is 36.9. The summed E-state index contributed by atoms with van der Waals surface area (Å²) in [6.45, 7) is 1.83. The number of benzene rings is 6. The van der Waals surface area contributed by atoms with E-state index in [0.717, 1.165) is 88.5 Å². The number of carbonyl (C=O) groups excluding carboxylic acids is 4. The molecule has 6 aromatic carbocycles. The lowest BCUT2D eigenvalue weighted by Gasteiger charge is -2.29. The summed E-state index contributed by atoms with van der Waals surface area (Å²) in [7, 11) is 0. The molecule has 2 aliphatic rings. The van der Waals surface area contributed by atoms with E-state index in [1.54, 1.807) is 104 Å². The average molecular weight is 1280 g/mol. The molecule has 0 saturated heterocycles. The highest BCUT2D eigenvalue weighted by Crippen LogP contribution is 2.31. The Hall–Kier alpha value is -6.58. The predicted octanol–water partition coefficient (Wildman–Crippen LogP) is 13.2. The first kappa shape index (κ1) is 59.7. The molecule has 0 radical (unpaired) electrons. The highest BCUT2D eigenvalue weighted by atomic mass is 127. The van der Waals surface area contributed by atoms with Gasteiger partial charge in [-0.3, -0.25) is 29.0 Å². The van der Waals surface area contributed by atoms with Crippen LogP contribution in [0.4, 0.5) is 17.6 Å². The number of hydrogen-bond acceptors (Lipinski definition) is 7. The van der Waals surface area contributed by atoms with Crippen molar-refractivity contribution in [3.63, 3.8) is 0 Å². The Balaban J connectivity index is 0.000000237. The lowest BCUT2D eigenvalue weighted by Crippen LogP contribution is -2.43. The van der Waals surface area contributed by atoms with Gasteiger partial charge in [-0.1, -0.05) is 123 Å². The first-order valence-electron chi connectivity index (χ1n) is 25.3. The number of nitrogens with one attached hydrogen (secondary N) is 2. The van der Waals surface area contributed by atoms with Crippen LogP contribution in [0, 0.1) is 30.4 Å². The average Bonchev–Trinajstić information content (AvgIpc) is 3.43. The predicted molar refractivity (Wildman–Crippen MR) is 306 cm³/mol. The Morgan fingerprint density at radius 2 is 0.818 bits per heavy atom.